The molecule has 1 aliphatic carbocycles. The van der Waals surface area contributed by atoms with Gasteiger partial charge in [0.25, 0.3) is 5.56 Å². The number of carbonyl (C=O) groups excluding carboxylic acids is 2. The molecule has 1 atom stereocenters. The standard InChI is InChI=1S/C30H41N7O5/c1-3-15-37-27-26(28(39)34-30(37)41)32-23(33-27)13-12-22(42-2)21-11-14-24(31-19-21)36(29(40)20-8-4-5-9-20)18-7-17-35-16-6-10-25(35)38/h11,14,19-20,22H,3-10,12-13,15-18H2,1-2H3,(H,32,33)(H,34,39,41)/t22-/m0/s1. The lowest BCUT2D eigenvalue weighted by Gasteiger charge is -2.26. The molecule has 2 aliphatic rings. The SMILES string of the molecule is CCCn1c(=O)[nH]c(=O)c2[nH]c(CC[C@H](OC)c3ccc(N(CCCN4CCCC4=O)C(=O)C4CCCC4)nc3)nc21. The molecule has 2 N–H and O–H groups in total. The van der Waals surface area contributed by atoms with E-state index >= 15 is 0 Å². The Hall–Kier alpha value is -3.80. The smallest absolute Gasteiger partial charge is 0.330 e. The number of fused-ring (bicyclic) bond motifs is 1. The number of nitrogens with zero attached hydrogens (tertiary/aromatic N) is 5. The van der Waals surface area contributed by atoms with Crippen molar-refractivity contribution in [2.45, 2.75) is 83.8 Å². The van der Waals surface area contributed by atoms with Gasteiger partial charge in [-0.3, -0.25) is 28.8 Å². The molecule has 3 aromatic heterocycles. The molecular weight excluding hydrogens is 538 g/mol. The zero-order valence-corrected chi connectivity index (χ0v) is 24.6. The lowest BCUT2D eigenvalue weighted by atomic mass is 10.1. The average molecular weight is 580 g/mol. The fraction of sp³-hybridized carbons (Fsp3) is 0.600. The van der Waals surface area contributed by atoms with E-state index in [9.17, 15) is 19.2 Å². The van der Waals surface area contributed by atoms with Crippen LogP contribution in [0.25, 0.3) is 11.2 Å². The maximum Gasteiger partial charge on any atom is 0.330 e. The molecule has 0 aromatic carbocycles. The van der Waals surface area contributed by atoms with Gasteiger partial charge in [0, 0.05) is 58.2 Å². The molecule has 1 saturated heterocycles. The molecule has 4 heterocycles. The van der Waals surface area contributed by atoms with E-state index in [2.05, 4.69) is 19.9 Å². The van der Waals surface area contributed by atoms with Crippen molar-refractivity contribution in [2.24, 2.45) is 5.92 Å². The van der Waals surface area contributed by atoms with Crippen LogP contribution in [0.1, 0.15) is 82.2 Å². The van der Waals surface area contributed by atoms with Crippen molar-refractivity contribution in [3.8, 4) is 0 Å². The molecule has 0 unspecified atom stereocenters. The molecule has 5 rings (SSSR count). The number of H-pyrrole nitrogens is 2. The Balaban J connectivity index is 1.28. The minimum atomic E-state index is -0.479. The lowest BCUT2D eigenvalue weighted by molar-refractivity contribution is -0.127. The highest BCUT2D eigenvalue weighted by atomic mass is 16.5. The van der Waals surface area contributed by atoms with E-state index in [1.807, 2.05) is 24.0 Å². The molecule has 2 fully saturated rings. The van der Waals surface area contributed by atoms with E-state index in [4.69, 9.17) is 4.74 Å². The summed E-state index contributed by atoms with van der Waals surface area (Å²) in [5, 5.41) is 0. The fourth-order valence-corrected chi connectivity index (χ4v) is 6.17. The first kappa shape index (κ1) is 29.7. The van der Waals surface area contributed by atoms with Crippen molar-refractivity contribution >= 4 is 28.8 Å². The Bertz CT molecular complexity index is 1500. The minimum Gasteiger partial charge on any atom is -0.377 e. The summed E-state index contributed by atoms with van der Waals surface area (Å²) in [6, 6.07) is 3.82. The van der Waals surface area contributed by atoms with Crippen LogP contribution >= 0.6 is 0 Å². The summed E-state index contributed by atoms with van der Waals surface area (Å²) in [5.74, 6) is 1.55. The van der Waals surface area contributed by atoms with Crippen LogP contribution in [0.3, 0.4) is 0 Å². The van der Waals surface area contributed by atoms with Gasteiger partial charge in [-0.05, 0) is 50.2 Å². The number of aryl methyl sites for hydroxylation is 2. The molecular formula is C30H41N7O5. The third-order valence-corrected chi connectivity index (χ3v) is 8.43. The number of hydrogen-bond acceptors (Lipinski definition) is 7. The van der Waals surface area contributed by atoms with Gasteiger partial charge in [-0.2, -0.15) is 0 Å². The van der Waals surface area contributed by atoms with Gasteiger partial charge in [-0.25, -0.2) is 14.8 Å². The molecule has 12 nitrogen and oxygen atoms in total. The number of carbonyl (C=O) groups is 2. The van der Waals surface area contributed by atoms with Crippen molar-refractivity contribution in [2.75, 3.05) is 31.6 Å². The zero-order chi connectivity index (χ0) is 29.6. The number of amides is 2. The summed E-state index contributed by atoms with van der Waals surface area (Å²) >= 11 is 0. The molecule has 1 aliphatic heterocycles. The van der Waals surface area contributed by atoms with Gasteiger partial charge in [0.05, 0.1) is 6.10 Å². The second-order valence-corrected chi connectivity index (χ2v) is 11.3. The number of ether oxygens (including phenoxy) is 1. The number of hydrogen-bond donors (Lipinski definition) is 2. The Morgan fingerprint density at radius 3 is 2.62 bits per heavy atom. The summed E-state index contributed by atoms with van der Waals surface area (Å²) < 4.78 is 7.26. The topological polar surface area (TPSA) is 146 Å². The van der Waals surface area contributed by atoms with Crippen LogP contribution in [0.4, 0.5) is 5.82 Å². The third kappa shape index (κ3) is 6.48. The predicted molar refractivity (Wildman–Crippen MR) is 158 cm³/mol. The average Bonchev–Trinajstić information content (AvgIpc) is 3.76. The number of methoxy groups -OCH3 is 1. The number of anilines is 1. The first-order valence-electron chi connectivity index (χ1n) is 15.2. The van der Waals surface area contributed by atoms with Crippen LogP contribution in [0.5, 0.6) is 0 Å². The maximum absolute atomic E-state index is 13.5. The zero-order valence-electron chi connectivity index (χ0n) is 24.6. The highest BCUT2D eigenvalue weighted by Crippen LogP contribution is 2.29. The number of pyridine rings is 1. The van der Waals surface area contributed by atoms with Crippen molar-refractivity contribution in [1.82, 2.24) is 29.4 Å². The number of nitrogens with one attached hydrogen (secondary N) is 2. The van der Waals surface area contributed by atoms with Gasteiger partial charge in [-0.15, -0.1) is 0 Å². The second kappa shape index (κ2) is 13.5. The van der Waals surface area contributed by atoms with Crippen LogP contribution in [0, 0.1) is 5.92 Å². The maximum atomic E-state index is 13.5. The molecule has 226 valence electrons. The van der Waals surface area contributed by atoms with Gasteiger partial charge in [0.2, 0.25) is 11.8 Å². The number of likely N-dealkylation sites (tertiary alicyclic amines) is 1. The van der Waals surface area contributed by atoms with Crippen LogP contribution in [0.15, 0.2) is 27.9 Å². The second-order valence-electron chi connectivity index (χ2n) is 11.3. The number of imidazole rings is 1. The van der Waals surface area contributed by atoms with E-state index in [0.717, 1.165) is 50.6 Å². The Kier molecular flexibility index (Phi) is 9.51. The van der Waals surface area contributed by atoms with E-state index in [1.165, 1.54) is 4.57 Å². The molecule has 0 bridgehead atoms. The van der Waals surface area contributed by atoms with Crippen molar-refractivity contribution in [3.05, 3.63) is 50.6 Å². The number of aromatic amines is 2. The summed E-state index contributed by atoms with van der Waals surface area (Å²) in [7, 11) is 1.64. The Labute approximate surface area is 244 Å². The normalized spacial score (nSPS) is 16.5. The molecule has 12 heteroatoms. The monoisotopic (exact) mass is 579 g/mol. The highest BCUT2D eigenvalue weighted by Gasteiger charge is 2.29. The summed E-state index contributed by atoms with van der Waals surface area (Å²) in [5.41, 5.74) is 0.584. The van der Waals surface area contributed by atoms with Crippen molar-refractivity contribution in [3.63, 3.8) is 0 Å². The molecule has 3 aromatic rings. The third-order valence-electron chi connectivity index (χ3n) is 8.43. The number of aromatic nitrogens is 5. The summed E-state index contributed by atoms with van der Waals surface area (Å²) in [6.07, 6.45) is 9.47. The van der Waals surface area contributed by atoms with Gasteiger partial charge >= 0.3 is 5.69 Å². The molecule has 0 spiro atoms. The molecule has 1 saturated carbocycles. The van der Waals surface area contributed by atoms with E-state index < -0.39 is 11.2 Å². The highest BCUT2D eigenvalue weighted by molar-refractivity contribution is 5.94. The van der Waals surface area contributed by atoms with Crippen LogP contribution in [-0.2, 0) is 27.3 Å². The molecule has 2 amide bonds. The minimum absolute atomic E-state index is 0.0244. The first-order chi connectivity index (χ1) is 20.4. The fourth-order valence-electron chi connectivity index (χ4n) is 6.17. The number of rotatable bonds is 13. The van der Waals surface area contributed by atoms with Gasteiger partial charge < -0.3 is 14.6 Å². The van der Waals surface area contributed by atoms with Crippen molar-refractivity contribution < 1.29 is 14.3 Å². The molecule has 42 heavy (non-hydrogen) atoms. The largest absolute Gasteiger partial charge is 0.377 e. The Morgan fingerprint density at radius 1 is 1.14 bits per heavy atom. The van der Waals surface area contributed by atoms with Gasteiger partial charge in [0.15, 0.2) is 5.65 Å². The van der Waals surface area contributed by atoms with E-state index in [0.29, 0.717) is 68.1 Å². The van der Waals surface area contributed by atoms with E-state index in [1.54, 1.807) is 18.2 Å². The summed E-state index contributed by atoms with van der Waals surface area (Å²) in [4.78, 5) is 68.5. The van der Waals surface area contributed by atoms with Gasteiger partial charge in [0.1, 0.15) is 17.2 Å². The van der Waals surface area contributed by atoms with Crippen molar-refractivity contribution in [1.29, 1.82) is 0 Å². The molecule has 0 radical (unpaired) electrons. The summed E-state index contributed by atoms with van der Waals surface area (Å²) in [6.45, 7) is 4.39. The Morgan fingerprint density at radius 2 is 1.95 bits per heavy atom. The van der Waals surface area contributed by atoms with Gasteiger partial charge in [-0.1, -0.05) is 25.8 Å². The van der Waals surface area contributed by atoms with Crippen LogP contribution < -0.4 is 16.1 Å². The lowest BCUT2D eigenvalue weighted by Crippen LogP contribution is -2.38. The van der Waals surface area contributed by atoms with Crippen LogP contribution in [0.2, 0.25) is 0 Å². The van der Waals surface area contributed by atoms with E-state index in [-0.39, 0.29) is 23.8 Å². The predicted octanol–water partition coefficient (Wildman–Crippen LogP) is 3.07. The quantitative estimate of drug-likeness (QED) is 0.316. The van der Waals surface area contributed by atoms with Crippen LogP contribution in [-0.4, -0.2) is 68.0 Å². The first-order valence-corrected chi connectivity index (χ1v) is 15.2.